The number of rotatable bonds is 1. The quantitative estimate of drug-likeness (QED) is 0.308. The van der Waals surface area contributed by atoms with E-state index in [9.17, 15) is 10.2 Å². The molecule has 78 valence electrons. The summed E-state index contributed by atoms with van der Waals surface area (Å²) in [5.74, 6) is 0. The Balaban J connectivity index is 2.70. The Bertz CT molecular complexity index is 172. The van der Waals surface area contributed by atoms with Crippen molar-refractivity contribution in [3.63, 3.8) is 0 Å². The SMILES string of the molecule is CC(O)C1OC(O)C(O)[C@@H](O)[C@H]1O. The van der Waals surface area contributed by atoms with E-state index in [-0.39, 0.29) is 0 Å². The molecule has 0 aromatic heterocycles. The second kappa shape index (κ2) is 3.87. The maximum atomic E-state index is 9.29. The standard InChI is InChI=1S/C7H14O6/c1-2(8)6-4(10)3(9)5(11)7(12)13-6/h2-12H,1H3/t2?,3-,4+,5?,6?,7?/m0/s1. The molecule has 6 heteroatoms. The molecule has 6 atom stereocenters. The van der Waals surface area contributed by atoms with Gasteiger partial charge in [-0.2, -0.15) is 0 Å². The Kier molecular flexibility index (Phi) is 3.23. The van der Waals surface area contributed by atoms with E-state index in [1.54, 1.807) is 0 Å². The van der Waals surface area contributed by atoms with Crippen LogP contribution in [0.2, 0.25) is 0 Å². The summed E-state index contributed by atoms with van der Waals surface area (Å²) in [6.45, 7) is 1.35. The first-order chi connectivity index (χ1) is 5.95. The summed E-state index contributed by atoms with van der Waals surface area (Å²) in [5.41, 5.74) is 0. The Morgan fingerprint density at radius 2 is 1.54 bits per heavy atom. The third-order valence-electron chi connectivity index (χ3n) is 2.10. The summed E-state index contributed by atoms with van der Waals surface area (Å²) in [4.78, 5) is 0. The third-order valence-corrected chi connectivity index (χ3v) is 2.10. The molecule has 0 aromatic rings. The summed E-state index contributed by atoms with van der Waals surface area (Å²) in [6, 6.07) is 0. The summed E-state index contributed by atoms with van der Waals surface area (Å²) in [7, 11) is 0. The molecule has 5 N–H and O–H groups in total. The second-order valence-electron chi connectivity index (χ2n) is 3.20. The van der Waals surface area contributed by atoms with Gasteiger partial charge in [0, 0.05) is 0 Å². The van der Waals surface area contributed by atoms with Gasteiger partial charge in [0.05, 0.1) is 6.10 Å². The monoisotopic (exact) mass is 194 g/mol. The van der Waals surface area contributed by atoms with Gasteiger partial charge >= 0.3 is 0 Å². The summed E-state index contributed by atoms with van der Waals surface area (Å²) >= 11 is 0. The van der Waals surface area contributed by atoms with Gasteiger partial charge in [-0.3, -0.25) is 0 Å². The molecular formula is C7H14O6. The fraction of sp³-hybridized carbons (Fsp3) is 1.00. The topological polar surface area (TPSA) is 110 Å². The van der Waals surface area contributed by atoms with Crippen LogP contribution in [0.5, 0.6) is 0 Å². The zero-order chi connectivity index (χ0) is 10.2. The van der Waals surface area contributed by atoms with Crippen LogP contribution in [0.4, 0.5) is 0 Å². The highest BCUT2D eigenvalue weighted by molar-refractivity contribution is 4.90. The normalized spacial score (nSPS) is 48.9. The maximum absolute atomic E-state index is 9.29. The molecule has 0 spiro atoms. The van der Waals surface area contributed by atoms with Gasteiger partial charge in [0.2, 0.25) is 0 Å². The van der Waals surface area contributed by atoms with Gasteiger partial charge in [0.1, 0.15) is 24.4 Å². The lowest BCUT2D eigenvalue weighted by Crippen LogP contribution is -2.60. The van der Waals surface area contributed by atoms with Crippen LogP contribution >= 0.6 is 0 Å². The van der Waals surface area contributed by atoms with Crippen molar-refractivity contribution in [1.29, 1.82) is 0 Å². The highest BCUT2D eigenvalue weighted by Gasteiger charge is 2.44. The fourth-order valence-corrected chi connectivity index (χ4v) is 1.29. The Morgan fingerprint density at radius 1 is 1.00 bits per heavy atom. The predicted molar refractivity (Wildman–Crippen MR) is 40.6 cm³/mol. The van der Waals surface area contributed by atoms with E-state index < -0.39 is 36.8 Å². The summed E-state index contributed by atoms with van der Waals surface area (Å²) in [6.07, 6.45) is -8.18. The van der Waals surface area contributed by atoms with E-state index in [2.05, 4.69) is 4.74 Å². The number of aliphatic hydroxyl groups is 5. The van der Waals surface area contributed by atoms with E-state index in [0.29, 0.717) is 0 Å². The molecule has 1 aliphatic heterocycles. The molecule has 0 bridgehead atoms. The molecule has 6 nitrogen and oxygen atoms in total. The molecule has 0 aromatic carbocycles. The minimum absolute atomic E-state index is 1.04. The number of ether oxygens (including phenoxy) is 1. The van der Waals surface area contributed by atoms with Crippen LogP contribution in [-0.2, 0) is 4.74 Å². The van der Waals surface area contributed by atoms with E-state index in [1.165, 1.54) is 6.92 Å². The fourth-order valence-electron chi connectivity index (χ4n) is 1.29. The van der Waals surface area contributed by atoms with Gasteiger partial charge in [-0.1, -0.05) is 0 Å². The van der Waals surface area contributed by atoms with E-state index in [1.807, 2.05) is 0 Å². The first-order valence-corrected chi connectivity index (χ1v) is 4.01. The molecule has 1 aliphatic rings. The number of hydrogen-bond donors (Lipinski definition) is 5. The maximum Gasteiger partial charge on any atom is 0.184 e. The summed E-state index contributed by atoms with van der Waals surface area (Å²) in [5, 5.41) is 45.6. The molecule has 0 radical (unpaired) electrons. The van der Waals surface area contributed by atoms with Crippen molar-refractivity contribution in [1.82, 2.24) is 0 Å². The molecule has 1 fully saturated rings. The first-order valence-electron chi connectivity index (χ1n) is 4.01. The molecular weight excluding hydrogens is 180 g/mol. The van der Waals surface area contributed by atoms with Crippen LogP contribution < -0.4 is 0 Å². The molecule has 13 heavy (non-hydrogen) atoms. The van der Waals surface area contributed by atoms with Crippen molar-refractivity contribution in [2.24, 2.45) is 0 Å². The van der Waals surface area contributed by atoms with Gasteiger partial charge in [-0.25, -0.2) is 0 Å². The average Bonchev–Trinajstić information content (AvgIpc) is 2.07. The van der Waals surface area contributed by atoms with Crippen LogP contribution in [0, 0.1) is 0 Å². The number of hydrogen-bond acceptors (Lipinski definition) is 6. The van der Waals surface area contributed by atoms with Crippen LogP contribution in [0.15, 0.2) is 0 Å². The van der Waals surface area contributed by atoms with Crippen molar-refractivity contribution in [2.45, 2.75) is 43.7 Å². The lowest BCUT2D eigenvalue weighted by molar-refractivity contribution is -0.295. The van der Waals surface area contributed by atoms with Crippen molar-refractivity contribution in [3.05, 3.63) is 0 Å². The van der Waals surface area contributed by atoms with Crippen LogP contribution in [0.25, 0.3) is 0 Å². The minimum atomic E-state index is -1.59. The van der Waals surface area contributed by atoms with Crippen molar-refractivity contribution >= 4 is 0 Å². The number of aliphatic hydroxyl groups excluding tert-OH is 5. The lowest BCUT2D eigenvalue weighted by Gasteiger charge is -2.39. The molecule has 0 saturated carbocycles. The van der Waals surface area contributed by atoms with Gasteiger partial charge in [0.15, 0.2) is 6.29 Å². The van der Waals surface area contributed by atoms with Gasteiger partial charge in [-0.15, -0.1) is 0 Å². The molecule has 0 amide bonds. The average molecular weight is 194 g/mol. The predicted octanol–water partition coefficient (Wildman–Crippen LogP) is -2.83. The van der Waals surface area contributed by atoms with Crippen LogP contribution in [0.1, 0.15) is 6.92 Å². The zero-order valence-electron chi connectivity index (χ0n) is 7.11. The van der Waals surface area contributed by atoms with Crippen molar-refractivity contribution in [2.75, 3.05) is 0 Å². The molecule has 4 unspecified atom stereocenters. The smallest absolute Gasteiger partial charge is 0.184 e. The second-order valence-corrected chi connectivity index (χ2v) is 3.20. The van der Waals surface area contributed by atoms with Crippen molar-refractivity contribution in [3.8, 4) is 0 Å². The van der Waals surface area contributed by atoms with E-state index in [4.69, 9.17) is 15.3 Å². The zero-order valence-corrected chi connectivity index (χ0v) is 7.11. The Labute approximate surface area is 75.0 Å². The van der Waals surface area contributed by atoms with E-state index >= 15 is 0 Å². The first kappa shape index (κ1) is 10.8. The minimum Gasteiger partial charge on any atom is -0.391 e. The Hall–Kier alpha value is -0.240. The van der Waals surface area contributed by atoms with Gasteiger partial charge in [0.25, 0.3) is 0 Å². The molecule has 1 rings (SSSR count). The molecule has 1 heterocycles. The van der Waals surface area contributed by atoms with Crippen LogP contribution in [0.3, 0.4) is 0 Å². The Morgan fingerprint density at radius 3 is 2.00 bits per heavy atom. The van der Waals surface area contributed by atoms with Gasteiger partial charge in [-0.05, 0) is 6.92 Å². The highest BCUT2D eigenvalue weighted by Crippen LogP contribution is 2.21. The highest BCUT2D eigenvalue weighted by atomic mass is 16.6. The molecule has 1 saturated heterocycles. The lowest BCUT2D eigenvalue weighted by atomic mass is 9.96. The summed E-state index contributed by atoms with van der Waals surface area (Å²) < 4.78 is 4.69. The third kappa shape index (κ3) is 1.98. The largest absolute Gasteiger partial charge is 0.391 e. The van der Waals surface area contributed by atoms with Gasteiger partial charge < -0.3 is 30.3 Å². The van der Waals surface area contributed by atoms with Crippen molar-refractivity contribution < 1.29 is 30.3 Å². The van der Waals surface area contributed by atoms with E-state index in [0.717, 1.165) is 0 Å². The van der Waals surface area contributed by atoms with Crippen LogP contribution in [-0.4, -0.2) is 62.3 Å². The molecule has 0 aliphatic carbocycles.